The molecule has 5 nitrogen and oxygen atoms in total. The van der Waals surface area contributed by atoms with E-state index in [0.717, 1.165) is 0 Å². The lowest BCUT2D eigenvalue weighted by molar-refractivity contribution is -0.165. The van der Waals surface area contributed by atoms with Crippen molar-refractivity contribution in [1.82, 2.24) is 5.32 Å². The van der Waals surface area contributed by atoms with Gasteiger partial charge < -0.3 is 14.8 Å². The van der Waals surface area contributed by atoms with Crippen molar-refractivity contribution < 1.29 is 19.1 Å². The van der Waals surface area contributed by atoms with Crippen molar-refractivity contribution in [3.05, 3.63) is 0 Å². The van der Waals surface area contributed by atoms with Gasteiger partial charge in [-0.15, -0.1) is 0 Å². The van der Waals surface area contributed by atoms with Gasteiger partial charge in [-0.1, -0.05) is 0 Å². The molecule has 0 aromatic rings. The summed E-state index contributed by atoms with van der Waals surface area (Å²) in [6.07, 6.45) is -1.07. The molecule has 0 bridgehead atoms. The highest BCUT2D eigenvalue weighted by Gasteiger charge is 2.31. The number of ether oxygens (including phenoxy) is 2. The average Bonchev–Trinajstić information content (AvgIpc) is 2.05. The van der Waals surface area contributed by atoms with Crippen LogP contribution in [0.3, 0.4) is 0 Å². The van der Waals surface area contributed by atoms with Gasteiger partial charge in [-0.05, 0) is 6.92 Å². The topological polar surface area (TPSA) is 64.6 Å². The summed E-state index contributed by atoms with van der Waals surface area (Å²) in [6, 6.07) is 0. The van der Waals surface area contributed by atoms with Gasteiger partial charge in [0.05, 0.1) is 13.2 Å². The molecule has 68 valence electrons. The van der Waals surface area contributed by atoms with E-state index in [-0.39, 0.29) is 6.61 Å². The van der Waals surface area contributed by atoms with E-state index < -0.39 is 18.0 Å². The maximum absolute atomic E-state index is 11.0. The third kappa shape index (κ3) is 1.94. The van der Waals surface area contributed by atoms with Crippen LogP contribution >= 0.6 is 0 Å². The molecule has 0 saturated carbocycles. The van der Waals surface area contributed by atoms with Crippen molar-refractivity contribution in [1.29, 1.82) is 0 Å². The third-order valence-electron chi connectivity index (χ3n) is 1.42. The summed E-state index contributed by atoms with van der Waals surface area (Å²) in [5.41, 5.74) is 0. The molecule has 1 amide bonds. The fraction of sp³-hybridized carbons (Fsp3) is 0.714. The second kappa shape index (κ2) is 4.06. The van der Waals surface area contributed by atoms with Crippen LogP contribution in [0.25, 0.3) is 0 Å². The van der Waals surface area contributed by atoms with Crippen LogP contribution in [0.5, 0.6) is 0 Å². The molecule has 1 aliphatic heterocycles. The van der Waals surface area contributed by atoms with Crippen LogP contribution in [0, 0.1) is 0 Å². The highest BCUT2D eigenvalue weighted by atomic mass is 16.6. The summed E-state index contributed by atoms with van der Waals surface area (Å²) in [5, 5.41) is 2.51. The first kappa shape index (κ1) is 8.99. The summed E-state index contributed by atoms with van der Waals surface area (Å²) >= 11 is 0. The Kier molecular flexibility index (Phi) is 3.04. The number of rotatable bonds is 2. The first-order chi connectivity index (χ1) is 5.75. The molecule has 0 aliphatic carbocycles. The zero-order valence-electron chi connectivity index (χ0n) is 6.83. The number of carbonyl (C=O) groups is 2. The van der Waals surface area contributed by atoms with Crippen LogP contribution in [-0.2, 0) is 19.1 Å². The zero-order valence-corrected chi connectivity index (χ0v) is 6.83. The molecule has 0 spiro atoms. The number of hydrogen-bond donors (Lipinski definition) is 1. The van der Waals surface area contributed by atoms with E-state index >= 15 is 0 Å². The van der Waals surface area contributed by atoms with Crippen molar-refractivity contribution in [2.75, 3.05) is 19.8 Å². The maximum atomic E-state index is 11.0. The lowest BCUT2D eigenvalue weighted by atomic mass is 10.3. The number of carbonyl (C=O) groups excluding carboxylic acids is 2. The summed E-state index contributed by atoms with van der Waals surface area (Å²) in [7, 11) is 0. The van der Waals surface area contributed by atoms with E-state index in [1.165, 1.54) is 0 Å². The molecule has 1 aliphatic rings. The molecule has 1 N–H and O–H groups in total. The van der Waals surface area contributed by atoms with E-state index in [9.17, 15) is 9.59 Å². The maximum Gasteiger partial charge on any atom is 0.345 e. The van der Waals surface area contributed by atoms with Crippen LogP contribution in [0.15, 0.2) is 0 Å². The Morgan fingerprint density at radius 2 is 2.58 bits per heavy atom. The molecule has 1 unspecified atom stereocenters. The average molecular weight is 173 g/mol. The Bertz CT molecular complexity index is 192. The molecule has 5 heteroatoms. The van der Waals surface area contributed by atoms with Gasteiger partial charge in [0.1, 0.15) is 0 Å². The van der Waals surface area contributed by atoms with E-state index in [2.05, 4.69) is 10.1 Å². The predicted octanol–water partition coefficient (Wildman–Crippen LogP) is -0.935. The predicted molar refractivity (Wildman–Crippen MR) is 39.4 cm³/mol. The first-order valence-corrected chi connectivity index (χ1v) is 3.81. The lowest BCUT2D eigenvalue weighted by Gasteiger charge is -2.20. The Morgan fingerprint density at radius 1 is 1.83 bits per heavy atom. The van der Waals surface area contributed by atoms with Gasteiger partial charge in [0.15, 0.2) is 0 Å². The largest absolute Gasteiger partial charge is 0.464 e. The Balaban J connectivity index is 2.48. The molecule has 1 atom stereocenters. The van der Waals surface area contributed by atoms with Gasteiger partial charge in [-0.3, -0.25) is 4.79 Å². The van der Waals surface area contributed by atoms with E-state index in [1.807, 2.05) is 0 Å². The Labute approximate surface area is 70.0 Å². The smallest absolute Gasteiger partial charge is 0.345 e. The number of nitrogens with one attached hydrogen (secondary N) is 1. The van der Waals surface area contributed by atoms with Gasteiger partial charge in [-0.25, -0.2) is 4.79 Å². The molecule has 1 heterocycles. The fourth-order valence-corrected chi connectivity index (χ4v) is 0.912. The molecule has 0 radical (unpaired) electrons. The number of amides is 1. The molecular formula is C7H11NO4. The van der Waals surface area contributed by atoms with Crippen LogP contribution in [0.1, 0.15) is 6.92 Å². The van der Waals surface area contributed by atoms with Gasteiger partial charge in [0, 0.05) is 6.54 Å². The van der Waals surface area contributed by atoms with Crippen LogP contribution in [0.2, 0.25) is 0 Å². The number of morpholine rings is 1. The van der Waals surface area contributed by atoms with Crippen molar-refractivity contribution >= 4 is 11.9 Å². The third-order valence-corrected chi connectivity index (χ3v) is 1.42. The molecular weight excluding hydrogens is 162 g/mol. The summed E-state index contributed by atoms with van der Waals surface area (Å²) in [4.78, 5) is 22.0. The second-order valence-electron chi connectivity index (χ2n) is 2.29. The van der Waals surface area contributed by atoms with Gasteiger partial charge in [0.2, 0.25) is 6.10 Å². The summed E-state index contributed by atoms with van der Waals surface area (Å²) < 4.78 is 9.54. The molecule has 1 fully saturated rings. The lowest BCUT2D eigenvalue weighted by Crippen LogP contribution is -2.48. The molecule has 12 heavy (non-hydrogen) atoms. The van der Waals surface area contributed by atoms with Crippen LogP contribution < -0.4 is 5.32 Å². The molecule has 0 aromatic carbocycles. The van der Waals surface area contributed by atoms with Crippen molar-refractivity contribution in [3.8, 4) is 0 Å². The monoisotopic (exact) mass is 173 g/mol. The van der Waals surface area contributed by atoms with Crippen molar-refractivity contribution in [3.63, 3.8) is 0 Å². The van der Waals surface area contributed by atoms with E-state index in [0.29, 0.717) is 13.2 Å². The van der Waals surface area contributed by atoms with Gasteiger partial charge >= 0.3 is 5.97 Å². The molecule has 0 aromatic heterocycles. The molecule has 1 rings (SSSR count). The van der Waals surface area contributed by atoms with Gasteiger partial charge in [0.25, 0.3) is 5.91 Å². The van der Waals surface area contributed by atoms with E-state index in [1.54, 1.807) is 6.92 Å². The number of esters is 1. The fourth-order valence-electron chi connectivity index (χ4n) is 0.912. The highest BCUT2D eigenvalue weighted by Crippen LogP contribution is 2.00. The van der Waals surface area contributed by atoms with Crippen molar-refractivity contribution in [2.24, 2.45) is 0 Å². The Morgan fingerprint density at radius 3 is 3.17 bits per heavy atom. The minimum Gasteiger partial charge on any atom is -0.464 e. The zero-order chi connectivity index (χ0) is 8.97. The van der Waals surface area contributed by atoms with Crippen molar-refractivity contribution in [2.45, 2.75) is 13.0 Å². The van der Waals surface area contributed by atoms with Gasteiger partial charge in [-0.2, -0.15) is 0 Å². The highest BCUT2D eigenvalue weighted by molar-refractivity contribution is 6.01. The quantitative estimate of drug-likeness (QED) is 0.432. The van der Waals surface area contributed by atoms with Crippen LogP contribution in [-0.4, -0.2) is 37.7 Å². The standard InChI is InChI=1S/C7H11NO4/c1-2-11-7(10)5-6(9)8-3-4-12-5/h5H,2-4H2,1H3,(H,8,9). The SMILES string of the molecule is CCOC(=O)C1OCCNC1=O. The Hall–Kier alpha value is -1.10. The number of hydrogen-bond acceptors (Lipinski definition) is 4. The second-order valence-corrected chi connectivity index (χ2v) is 2.29. The summed E-state index contributed by atoms with van der Waals surface area (Å²) in [5.74, 6) is -1.03. The minimum atomic E-state index is -1.07. The first-order valence-electron chi connectivity index (χ1n) is 3.81. The summed E-state index contributed by atoms with van der Waals surface area (Å²) in [6.45, 7) is 2.74. The van der Waals surface area contributed by atoms with E-state index in [4.69, 9.17) is 4.74 Å². The molecule has 1 saturated heterocycles. The minimum absolute atomic E-state index is 0.256. The van der Waals surface area contributed by atoms with Crippen LogP contribution in [0.4, 0.5) is 0 Å². The normalized spacial score (nSPS) is 23.1.